The third kappa shape index (κ3) is 3.99. The van der Waals surface area contributed by atoms with Crippen LogP contribution in [0.3, 0.4) is 0 Å². The van der Waals surface area contributed by atoms with Gasteiger partial charge >= 0.3 is 0 Å². The Morgan fingerprint density at radius 2 is 1.38 bits per heavy atom. The summed E-state index contributed by atoms with van der Waals surface area (Å²) in [4.78, 5) is 42.5. The maximum atomic E-state index is 13.4. The van der Waals surface area contributed by atoms with E-state index in [-0.39, 0.29) is 17.7 Å². The molecule has 0 spiro atoms. The van der Waals surface area contributed by atoms with E-state index in [4.69, 9.17) is 0 Å². The fraction of sp³-hybridized carbons (Fsp3) is 0.318. The molecule has 3 amide bonds. The smallest absolute Gasteiger partial charge is 0.254 e. The Kier molecular flexibility index (Phi) is 5.29. The van der Waals surface area contributed by atoms with Crippen molar-refractivity contribution in [3.63, 3.8) is 0 Å². The third-order valence-corrected chi connectivity index (χ3v) is 5.40. The Balaban J connectivity index is 1.40. The van der Waals surface area contributed by atoms with E-state index in [9.17, 15) is 18.8 Å². The first kappa shape index (κ1) is 19.1. The molecule has 0 atom stereocenters. The average molecular weight is 395 g/mol. The van der Waals surface area contributed by atoms with E-state index in [0.717, 1.165) is 12.1 Å². The van der Waals surface area contributed by atoms with Gasteiger partial charge in [0.2, 0.25) is 5.91 Å². The normalized spacial score (nSPS) is 17.0. The van der Waals surface area contributed by atoms with Crippen LogP contribution in [0.1, 0.15) is 33.6 Å². The molecule has 0 bridgehead atoms. The highest BCUT2D eigenvalue weighted by molar-refractivity contribution is 5.99. The summed E-state index contributed by atoms with van der Waals surface area (Å²) in [6.07, 6.45) is 1.37. The van der Waals surface area contributed by atoms with Crippen molar-refractivity contribution in [2.75, 3.05) is 37.6 Å². The van der Waals surface area contributed by atoms with Gasteiger partial charge in [-0.2, -0.15) is 0 Å². The number of amides is 3. The number of hydrogen-bond acceptors (Lipinski definition) is 3. The van der Waals surface area contributed by atoms with Crippen molar-refractivity contribution in [1.29, 1.82) is 0 Å². The number of carbonyl (C=O) groups is 3. The highest BCUT2D eigenvalue weighted by Gasteiger charge is 2.27. The average Bonchev–Trinajstić information content (AvgIpc) is 3.19. The van der Waals surface area contributed by atoms with Crippen LogP contribution in [0.2, 0.25) is 0 Å². The Hall–Kier alpha value is -3.22. The van der Waals surface area contributed by atoms with E-state index in [0.29, 0.717) is 50.3 Å². The lowest BCUT2D eigenvalue weighted by Crippen LogP contribution is -2.50. The number of nitrogens with zero attached hydrogens (tertiary/aromatic N) is 3. The van der Waals surface area contributed by atoms with E-state index in [1.807, 2.05) is 6.07 Å². The minimum absolute atomic E-state index is 0.0825. The van der Waals surface area contributed by atoms with E-state index < -0.39 is 5.82 Å². The van der Waals surface area contributed by atoms with Crippen LogP contribution in [0.5, 0.6) is 0 Å². The molecule has 150 valence electrons. The van der Waals surface area contributed by atoms with Crippen LogP contribution in [0, 0.1) is 5.82 Å². The van der Waals surface area contributed by atoms with E-state index in [1.165, 1.54) is 18.2 Å². The van der Waals surface area contributed by atoms with Crippen molar-refractivity contribution < 1.29 is 18.8 Å². The fourth-order valence-corrected chi connectivity index (χ4v) is 3.83. The molecule has 0 N–H and O–H groups in total. The van der Waals surface area contributed by atoms with Crippen LogP contribution in [0.4, 0.5) is 10.1 Å². The Morgan fingerprint density at radius 3 is 1.93 bits per heavy atom. The number of halogens is 1. The highest BCUT2D eigenvalue weighted by Crippen LogP contribution is 2.23. The SMILES string of the molecule is O=C(c1cccc(F)c1)N1CCN(C(=O)c2cccc(N3CCCC3=O)c2)CC1. The molecule has 2 aromatic rings. The number of benzene rings is 2. The minimum Gasteiger partial charge on any atom is -0.335 e. The van der Waals surface area contributed by atoms with Gasteiger partial charge in [0.15, 0.2) is 0 Å². The number of rotatable bonds is 3. The van der Waals surface area contributed by atoms with Gasteiger partial charge in [-0.1, -0.05) is 12.1 Å². The number of piperazine rings is 1. The highest BCUT2D eigenvalue weighted by atomic mass is 19.1. The predicted octanol–water partition coefficient (Wildman–Crippen LogP) is 2.55. The van der Waals surface area contributed by atoms with Crippen molar-refractivity contribution in [2.24, 2.45) is 0 Å². The molecule has 29 heavy (non-hydrogen) atoms. The second kappa shape index (κ2) is 8.03. The van der Waals surface area contributed by atoms with Gasteiger partial charge in [0.1, 0.15) is 5.82 Å². The van der Waals surface area contributed by atoms with Crippen molar-refractivity contribution in [3.05, 3.63) is 65.5 Å². The maximum absolute atomic E-state index is 13.4. The first-order valence-electron chi connectivity index (χ1n) is 9.77. The Labute approximate surface area is 168 Å². The van der Waals surface area contributed by atoms with Crippen LogP contribution < -0.4 is 4.90 Å². The van der Waals surface area contributed by atoms with Crippen molar-refractivity contribution in [1.82, 2.24) is 9.80 Å². The lowest BCUT2D eigenvalue weighted by atomic mass is 10.1. The molecule has 0 radical (unpaired) electrons. The maximum Gasteiger partial charge on any atom is 0.254 e. The zero-order valence-corrected chi connectivity index (χ0v) is 16.0. The van der Waals surface area contributed by atoms with Gasteiger partial charge in [0.05, 0.1) is 0 Å². The number of anilines is 1. The topological polar surface area (TPSA) is 60.9 Å². The van der Waals surface area contributed by atoms with Crippen molar-refractivity contribution in [3.8, 4) is 0 Å². The molecule has 2 aliphatic heterocycles. The summed E-state index contributed by atoms with van der Waals surface area (Å²) in [6.45, 7) is 2.29. The second-order valence-electron chi connectivity index (χ2n) is 7.29. The van der Waals surface area contributed by atoms with Gasteiger partial charge in [0.25, 0.3) is 11.8 Å². The fourth-order valence-electron chi connectivity index (χ4n) is 3.83. The summed E-state index contributed by atoms with van der Waals surface area (Å²) in [5.74, 6) is -0.706. The standard InChI is InChI=1S/C22H22FN3O3/c23-18-6-1-4-16(14-18)21(28)24-10-12-25(13-11-24)22(29)17-5-2-7-19(15-17)26-9-3-8-20(26)27/h1-2,4-7,14-15H,3,8-13H2. The molecule has 6 nitrogen and oxygen atoms in total. The van der Waals surface area contributed by atoms with Gasteiger partial charge in [-0.05, 0) is 42.8 Å². The van der Waals surface area contributed by atoms with Gasteiger partial charge in [-0.15, -0.1) is 0 Å². The molecular weight excluding hydrogens is 373 g/mol. The summed E-state index contributed by atoms with van der Waals surface area (Å²) >= 11 is 0. The Bertz CT molecular complexity index is 954. The molecule has 2 aliphatic rings. The van der Waals surface area contributed by atoms with Crippen LogP contribution >= 0.6 is 0 Å². The summed E-state index contributed by atoms with van der Waals surface area (Å²) in [5.41, 5.74) is 1.60. The molecule has 4 rings (SSSR count). The monoisotopic (exact) mass is 395 g/mol. The zero-order chi connectivity index (χ0) is 20.4. The number of hydrogen-bond donors (Lipinski definition) is 0. The quantitative estimate of drug-likeness (QED) is 0.803. The van der Waals surface area contributed by atoms with Crippen LogP contribution in [-0.4, -0.2) is 60.2 Å². The van der Waals surface area contributed by atoms with E-state index in [1.54, 1.807) is 39.0 Å². The molecule has 0 unspecified atom stereocenters. The predicted molar refractivity (Wildman–Crippen MR) is 106 cm³/mol. The summed E-state index contributed by atoms with van der Waals surface area (Å²) in [7, 11) is 0. The first-order chi connectivity index (χ1) is 14.0. The Morgan fingerprint density at radius 1 is 0.793 bits per heavy atom. The zero-order valence-electron chi connectivity index (χ0n) is 16.0. The van der Waals surface area contributed by atoms with Crippen LogP contribution in [-0.2, 0) is 4.79 Å². The summed E-state index contributed by atoms with van der Waals surface area (Å²) in [5, 5.41) is 0. The van der Waals surface area contributed by atoms with Gasteiger partial charge < -0.3 is 14.7 Å². The lowest BCUT2D eigenvalue weighted by molar-refractivity contribution is -0.117. The molecule has 7 heteroatoms. The van der Waals surface area contributed by atoms with Gasteiger partial charge in [-0.3, -0.25) is 14.4 Å². The van der Waals surface area contributed by atoms with Gasteiger partial charge in [-0.25, -0.2) is 4.39 Å². The summed E-state index contributed by atoms with van der Waals surface area (Å²) < 4.78 is 13.4. The van der Waals surface area contributed by atoms with Crippen molar-refractivity contribution >= 4 is 23.4 Å². The van der Waals surface area contributed by atoms with E-state index >= 15 is 0 Å². The summed E-state index contributed by atoms with van der Waals surface area (Å²) in [6, 6.07) is 12.8. The van der Waals surface area contributed by atoms with Crippen molar-refractivity contribution in [2.45, 2.75) is 12.8 Å². The second-order valence-corrected chi connectivity index (χ2v) is 7.29. The minimum atomic E-state index is -0.443. The molecule has 2 aromatic carbocycles. The van der Waals surface area contributed by atoms with Gasteiger partial charge in [0, 0.05) is 56.0 Å². The molecule has 0 saturated carbocycles. The molecule has 2 heterocycles. The lowest BCUT2D eigenvalue weighted by Gasteiger charge is -2.35. The largest absolute Gasteiger partial charge is 0.335 e. The van der Waals surface area contributed by atoms with Crippen LogP contribution in [0.25, 0.3) is 0 Å². The first-order valence-corrected chi connectivity index (χ1v) is 9.77. The third-order valence-electron chi connectivity index (χ3n) is 5.40. The van der Waals surface area contributed by atoms with Crippen LogP contribution in [0.15, 0.2) is 48.5 Å². The molecule has 2 fully saturated rings. The molecule has 0 aliphatic carbocycles. The van der Waals surface area contributed by atoms with E-state index in [2.05, 4.69) is 0 Å². The molecule has 2 saturated heterocycles. The molecular formula is C22H22FN3O3. The number of carbonyl (C=O) groups excluding carboxylic acids is 3. The molecule has 0 aromatic heterocycles.